The van der Waals surface area contributed by atoms with Gasteiger partial charge in [0.2, 0.25) is 11.8 Å². The molecule has 5 rings (SSSR count). The Labute approximate surface area is 289 Å². The molecule has 4 aromatic rings. The molecule has 2 amide bonds. The lowest BCUT2D eigenvalue weighted by atomic mass is 10.0. The number of sulfonamides is 1. The largest absolute Gasteiger partial charge is 0.497 e. The van der Waals surface area contributed by atoms with Gasteiger partial charge in [-0.3, -0.25) is 13.9 Å². The molecule has 49 heavy (non-hydrogen) atoms. The quantitative estimate of drug-likeness (QED) is 0.169. The number of hydrogen-bond acceptors (Lipinski definition) is 6. The van der Waals surface area contributed by atoms with Gasteiger partial charge >= 0.3 is 0 Å². The smallest absolute Gasteiger partial charge is 0.264 e. The summed E-state index contributed by atoms with van der Waals surface area (Å²) in [5.74, 6) is -0.164. The van der Waals surface area contributed by atoms with Crippen LogP contribution in [0.15, 0.2) is 102 Å². The van der Waals surface area contributed by atoms with Gasteiger partial charge in [0.1, 0.15) is 24.1 Å². The summed E-state index contributed by atoms with van der Waals surface area (Å²) in [5.41, 5.74) is 3.79. The highest BCUT2D eigenvalue weighted by atomic mass is 32.2. The zero-order chi connectivity index (χ0) is 35.0. The molecule has 1 N–H and O–H groups in total. The molecule has 0 radical (unpaired) electrons. The number of ether oxygens (including phenoxy) is 2. The van der Waals surface area contributed by atoms with E-state index in [1.807, 2.05) is 68.4 Å². The highest BCUT2D eigenvalue weighted by Gasteiger charge is 2.36. The van der Waals surface area contributed by atoms with Crippen molar-refractivity contribution in [2.75, 3.05) is 25.1 Å². The van der Waals surface area contributed by atoms with Crippen molar-refractivity contribution >= 4 is 27.5 Å². The molecule has 4 aromatic carbocycles. The van der Waals surface area contributed by atoms with Crippen LogP contribution in [0.1, 0.15) is 47.9 Å². The average Bonchev–Trinajstić information content (AvgIpc) is 3.62. The Hall–Kier alpha value is -4.83. The van der Waals surface area contributed by atoms with Crippen molar-refractivity contribution < 1.29 is 27.5 Å². The van der Waals surface area contributed by atoms with E-state index < -0.39 is 28.5 Å². The Bertz CT molecular complexity index is 1820. The molecule has 258 valence electrons. The van der Waals surface area contributed by atoms with E-state index in [0.717, 1.165) is 52.2 Å². The lowest BCUT2D eigenvalue weighted by Crippen LogP contribution is -2.54. The first-order valence-corrected chi connectivity index (χ1v) is 18.0. The van der Waals surface area contributed by atoms with E-state index in [2.05, 4.69) is 5.32 Å². The van der Waals surface area contributed by atoms with Crippen molar-refractivity contribution in [3.8, 4) is 11.5 Å². The van der Waals surface area contributed by atoms with E-state index >= 15 is 0 Å². The number of hydrogen-bond donors (Lipinski definition) is 1. The van der Waals surface area contributed by atoms with Crippen LogP contribution in [0.4, 0.5) is 5.69 Å². The van der Waals surface area contributed by atoms with Crippen LogP contribution in [-0.2, 0) is 32.6 Å². The molecule has 0 unspecified atom stereocenters. The highest BCUT2D eigenvalue weighted by molar-refractivity contribution is 7.92. The molecule has 1 fully saturated rings. The fourth-order valence-electron chi connectivity index (χ4n) is 6.15. The molecule has 0 spiro atoms. The zero-order valence-electron chi connectivity index (χ0n) is 28.6. The standard InChI is InChI=1S/C39H45N3O6S/c1-28-14-18-31(19-15-28)26-41(36(24-30-10-6-5-7-11-30)39(44)40-32-12-8-9-13-32)38(43)27-42(35-25-33(47-3)20-23-37(35)48-4)49(45,46)34-21-16-29(2)17-22-34/h5-7,10-11,14-23,25,32,36H,8-9,12-13,24,26-27H2,1-4H3,(H,40,44)/t36-/m1/s1. The van der Waals surface area contributed by atoms with Crippen LogP contribution in [-0.4, -0.2) is 58.0 Å². The van der Waals surface area contributed by atoms with Crippen LogP contribution in [0, 0.1) is 13.8 Å². The zero-order valence-corrected chi connectivity index (χ0v) is 29.4. The molecular weight excluding hydrogens is 639 g/mol. The van der Waals surface area contributed by atoms with Crippen molar-refractivity contribution in [2.24, 2.45) is 0 Å². The molecule has 9 nitrogen and oxygen atoms in total. The van der Waals surface area contributed by atoms with Crippen molar-refractivity contribution in [3.63, 3.8) is 0 Å². The Kier molecular flexibility index (Phi) is 11.6. The van der Waals surface area contributed by atoms with Gasteiger partial charge in [-0.05, 0) is 62.1 Å². The SMILES string of the molecule is COc1ccc(OC)c(N(CC(=O)N(Cc2ccc(C)cc2)[C@H](Cc2ccccc2)C(=O)NC2CCCC2)S(=O)(=O)c2ccc(C)cc2)c1. The maximum Gasteiger partial charge on any atom is 0.264 e. The van der Waals surface area contributed by atoms with E-state index in [1.54, 1.807) is 24.3 Å². The van der Waals surface area contributed by atoms with E-state index in [9.17, 15) is 18.0 Å². The minimum absolute atomic E-state index is 0.0145. The van der Waals surface area contributed by atoms with Crippen molar-refractivity contribution in [2.45, 2.75) is 69.5 Å². The maximum atomic E-state index is 14.8. The Morgan fingerprint density at radius 2 is 1.45 bits per heavy atom. The summed E-state index contributed by atoms with van der Waals surface area (Å²) in [5, 5.41) is 3.21. The number of carbonyl (C=O) groups excluding carboxylic acids is 2. The molecule has 1 aliphatic carbocycles. The topological polar surface area (TPSA) is 105 Å². The third kappa shape index (κ3) is 8.80. The summed E-state index contributed by atoms with van der Waals surface area (Å²) in [7, 11) is -1.39. The lowest BCUT2D eigenvalue weighted by Gasteiger charge is -2.34. The number of methoxy groups -OCH3 is 2. The normalized spacial score (nSPS) is 13.8. The van der Waals surface area contributed by atoms with Gasteiger partial charge in [0.25, 0.3) is 10.0 Å². The minimum Gasteiger partial charge on any atom is -0.497 e. The third-order valence-corrected chi connectivity index (χ3v) is 10.8. The number of benzene rings is 4. The molecule has 1 atom stereocenters. The fraction of sp³-hybridized carbons (Fsp3) is 0.333. The van der Waals surface area contributed by atoms with Crippen LogP contribution in [0.25, 0.3) is 0 Å². The van der Waals surface area contributed by atoms with Crippen LogP contribution in [0.2, 0.25) is 0 Å². The molecule has 0 aromatic heterocycles. The Balaban J connectivity index is 1.61. The number of rotatable bonds is 14. The molecule has 1 aliphatic rings. The van der Waals surface area contributed by atoms with Crippen LogP contribution in [0.5, 0.6) is 11.5 Å². The molecule has 10 heteroatoms. The van der Waals surface area contributed by atoms with E-state index in [1.165, 1.54) is 37.3 Å². The van der Waals surface area contributed by atoms with Crippen molar-refractivity contribution in [1.29, 1.82) is 0 Å². The molecule has 0 bridgehead atoms. The van der Waals surface area contributed by atoms with Crippen LogP contribution in [0.3, 0.4) is 0 Å². The summed E-state index contributed by atoms with van der Waals surface area (Å²) < 4.78 is 41.1. The first kappa shape index (κ1) is 35.5. The number of nitrogens with zero attached hydrogens (tertiary/aromatic N) is 2. The number of anilines is 1. The predicted octanol–water partition coefficient (Wildman–Crippen LogP) is 6.21. The number of nitrogens with one attached hydrogen (secondary N) is 1. The van der Waals surface area contributed by atoms with Gasteiger partial charge in [0.15, 0.2) is 0 Å². The third-order valence-electron chi connectivity index (χ3n) is 8.99. The molecule has 1 saturated carbocycles. The first-order valence-electron chi connectivity index (χ1n) is 16.6. The summed E-state index contributed by atoms with van der Waals surface area (Å²) in [6, 6.07) is 27.7. The van der Waals surface area contributed by atoms with Gasteiger partial charge in [-0.25, -0.2) is 8.42 Å². The number of amides is 2. The van der Waals surface area contributed by atoms with Crippen molar-refractivity contribution in [3.05, 3.63) is 119 Å². The number of aryl methyl sites for hydroxylation is 2. The second kappa shape index (κ2) is 16.0. The van der Waals surface area contributed by atoms with Gasteiger partial charge in [-0.1, -0.05) is 90.7 Å². The lowest BCUT2D eigenvalue weighted by molar-refractivity contribution is -0.140. The molecule has 0 heterocycles. The van der Waals surface area contributed by atoms with E-state index in [0.29, 0.717) is 5.75 Å². The second-order valence-electron chi connectivity index (χ2n) is 12.6. The van der Waals surface area contributed by atoms with Gasteiger partial charge in [-0.2, -0.15) is 0 Å². The van der Waals surface area contributed by atoms with E-state index in [4.69, 9.17) is 9.47 Å². The predicted molar refractivity (Wildman–Crippen MR) is 191 cm³/mol. The van der Waals surface area contributed by atoms with E-state index in [-0.39, 0.29) is 41.2 Å². The van der Waals surface area contributed by atoms with Crippen LogP contribution >= 0.6 is 0 Å². The van der Waals surface area contributed by atoms with Crippen molar-refractivity contribution in [1.82, 2.24) is 10.2 Å². The summed E-state index contributed by atoms with van der Waals surface area (Å²) in [6.07, 6.45) is 4.09. The summed E-state index contributed by atoms with van der Waals surface area (Å²) >= 11 is 0. The monoisotopic (exact) mass is 683 g/mol. The summed E-state index contributed by atoms with van der Waals surface area (Å²) in [6.45, 7) is 3.36. The Morgan fingerprint density at radius 3 is 2.06 bits per heavy atom. The second-order valence-corrected chi connectivity index (χ2v) is 14.4. The highest BCUT2D eigenvalue weighted by Crippen LogP contribution is 2.36. The molecule has 0 aliphatic heterocycles. The molecular formula is C39H45N3O6S. The van der Waals surface area contributed by atoms with Gasteiger partial charge in [0.05, 0.1) is 24.8 Å². The molecule has 0 saturated heterocycles. The average molecular weight is 684 g/mol. The maximum absolute atomic E-state index is 14.8. The van der Waals surface area contributed by atoms with Crippen LogP contribution < -0.4 is 19.1 Å². The minimum atomic E-state index is -4.31. The number of carbonyl (C=O) groups is 2. The fourth-order valence-corrected chi connectivity index (χ4v) is 7.57. The van der Waals surface area contributed by atoms with Gasteiger partial charge in [-0.15, -0.1) is 0 Å². The summed E-state index contributed by atoms with van der Waals surface area (Å²) in [4.78, 5) is 30.6. The van der Waals surface area contributed by atoms with Gasteiger partial charge in [0, 0.05) is 25.1 Å². The van der Waals surface area contributed by atoms with Gasteiger partial charge < -0.3 is 19.7 Å². The Morgan fingerprint density at radius 1 is 0.816 bits per heavy atom. The first-order chi connectivity index (χ1) is 23.6.